The average molecular weight is 302 g/mol. The molecule has 0 aliphatic heterocycles. The molecule has 116 valence electrons. The summed E-state index contributed by atoms with van der Waals surface area (Å²) in [5, 5.41) is 3.30. The Morgan fingerprint density at radius 2 is 1.90 bits per heavy atom. The minimum Gasteiger partial charge on any atom is -0.447 e. The summed E-state index contributed by atoms with van der Waals surface area (Å²) in [5.41, 5.74) is 0.186. The molecule has 0 spiro atoms. The molecule has 0 amide bonds. The van der Waals surface area contributed by atoms with Crippen molar-refractivity contribution in [1.82, 2.24) is 9.62 Å². The maximum atomic E-state index is 11.9. The second-order valence-electron chi connectivity index (χ2n) is 6.26. The van der Waals surface area contributed by atoms with Gasteiger partial charge in [0.15, 0.2) is 0 Å². The number of rotatable bonds is 7. The standard InChI is InChI=1S/C14H26N2O3S/c1-11(2)14(3,4)10-15-9-12-7-8-13(19-12)20(17,18)16(5)6/h7-8,11,15H,9-10H2,1-6H3. The highest BCUT2D eigenvalue weighted by atomic mass is 32.2. The maximum absolute atomic E-state index is 11.9. The summed E-state index contributed by atoms with van der Waals surface area (Å²) in [6.45, 7) is 10.2. The molecular weight excluding hydrogens is 276 g/mol. The third-order valence-electron chi connectivity index (χ3n) is 3.81. The molecule has 0 radical (unpaired) electrons. The lowest BCUT2D eigenvalue weighted by Gasteiger charge is -2.29. The number of nitrogens with one attached hydrogen (secondary N) is 1. The summed E-state index contributed by atoms with van der Waals surface area (Å²) >= 11 is 0. The highest BCUT2D eigenvalue weighted by Crippen LogP contribution is 2.25. The van der Waals surface area contributed by atoms with Crippen molar-refractivity contribution in [3.05, 3.63) is 17.9 Å². The summed E-state index contributed by atoms with van der Waals surface area (Å²) in [7, 11) is -0.510. The van der Waals surface area contributed by atoms with Crippen LogP contribution in [0.2, 0.25) is 0 Å². The predicted molar refractivity (Wildman–Crippen MR) is 79.9 cm³/mol. The van der Waals surface area contributed by atoms with E-state index in [1.165, 1.54) is 20.2 Å². The van der Waals surface area contributed by atoms with E-state index in [0.29, 0.717) is 18.2 Å². The molecule has 20 heavy (non-hydrogen) atoms. The van der Waals surface area contributed by atoms with Crippen molar-refractivity contribution in [2.75, 3.05) is 20.6 Å². The number of hydrogen-bond acceptors (Lipinski definition) is 4. The van der Waals surface area contributed by atoms with Crippen LogP contribution < -0.4 is 5.32 Å². The minimum atomic E-state index is -3.48. The Kier molecular flexibility index (Phi) is 5.40. The lowest BCUT2D eigenvalue weighted by Crippen LogP contribution is -2.33. The van der Waals surface area contributed by atoms with Crippen molar-refractivity contribution in [1.29, 1.82) is 0 Å². The molecule has 0 aliphatic carbocycles. The smallest absolute Gasteiger partial charge is 0.275 e. The maximum Gasteiger partial charge on any atom is 0.275 e. The Labute approximate surface area is 122 Å². The van der Waals surface area contributed by atoms with Gasteiger partial charge in [-0.2, -0.15) is 0 Å². The number of hydrogen-bond donors (Lipinski definition) is 1. The van der Waals surface area contributed by atoms with E-state index in [1.54, 1.807) is 6.07 Å². The fourth-order valence-corrected chi connectivity index (χ4v) is 2.30. The van der Waals surface area contributed by atoms with Crippen LogP contribution >= 0.6 is 0 Å². The number of furan rings is 1. The summed E-state index contributed by atoms with van der Waals surface area (Å²) in [6.07, 6.45) is 0. The van der Waals surface area contributed by atoms with E-state index in [4.69, 9.17) is 4.42 Å². The minimum absolute atomic E-state index is 0.0116. The van der Waals surface area contributed by atoms with Gasteiger partial charge in [-0.15, -0.1) is 0 Å². The largest absolute Gasteiger partial charge is 0.447 e. The van der Waals surface area contributed by atoms with Gasteiger partial charge in [-0.05, 0) is 23.5 Å². The van der Waals surface area contributed by atoms with E-state index in [1.807, 2.05) is 0 Å². The SMILES string of the molecule is CC(C)C(C)(C)CNCc1ccc(S(=O)(=O)N(C)C)o1. The van der Waals surface area contributed by atoms with Crippen LogP contribution in [-0.2, 0) is 16.6 Å². The van der Waals surface area contributed by atoms with Gasteiger partial charge in [0.2, 0.25) is 5.09 Å². The van der Waals surface area contributed by atoms with Gasteiger partial charge in [-0.25, -0.2) is 12.7 Å². The molecule has 0 fully saturated rings. The third kappa shape index (κ3) is 4.07. The van der Waals surface area contributed by atoms with Gasteiger partial charge >= 0.3 is 0 Å². The molecule has 1 rings (SSSR count). The number of sulfonamides is 1. The van der Waals surface area contributed by atoms with Crippen LogP contribution in [0.3, 0.4) is 0 Å². The van der Waals surface area contributed by atoms with Gasteiger partial charge in [0.05, 0.1) is 6.54 Å². The Morgan fingerprint density at radius 3 is 2.40 bits per heavy atom. The molecule has 1 aromatic rings. The fourth-order valence-electron chi connectivity index (χ4n) is 1.48. The molecule has 1 N–H and O–H groups in total. The molecule has 1 heterocycles. The molecule has 0 unspecified atom stereocenters. The van der Waals surface area contributed by atoms with Gasteiger partial charge in [0.25, 0.3) is 10.0 Å². The van der Waals surface area contributed by atoms with E-state index in [2.05, 4.69) is 33.0 Å². The molecule has 0 bridgehead atoms. The molecule has 6 heteroatoms. The molecule has 0 aromatic carbocycles. The van der Waals surface area contributed by atoms with Crippen LogP contribution in [0, 0.1) is 11.3 Å². The predicted octanol–water partition coefficient (Wildman–Crippen LogP) is 2.30. The molecule has 5 nitrogen and oxygen atoms in total. The monoisotopic (exact) mass is 302 g/mol. The normalized spacial score (nSPS) is 13.4. The van der Waals surface area contributed by atoms with Gasteiger partial charge < -0.3 is 9.73 Å². The van der Waals surface area contributed by atoms with Gasteiger partial charge in [0.1, 0.15) is 5.76 Å². The van der Waals surface area contributed by atoms with Crippen LogP contribution in [0.4, 0.5) is 0 Å². The van der Waals surface area contributed by atoms with Crippen molar-refractivity contribution >= 4 is 10.0 Å². The average Bonchev–Trinajstić information content (AvgIpc) is 2.77. The van der Waals surface area contributed by atoms with Crippen molar-refractivity contribution < 1.29 is 12.8 Å². The lowest BCUT2D eigenvalue weighted by molar-refractivity contribution is 0.234. The molecule has 0 saturated carbocycles. The Balaban J connectivity index is 2.63. The molecule has 0 atom stereocenters. The lowest BCUT2D eigenvalue weighted by atomic mass is 9.81. The quantitative estimate of drug-likeness (QED) is 0.839. The topological polar surface area (TPSA) is 62.6 Å². The van der Waals surface area contributed by atoms with Crippen LogP contribution in [0.25, 0.3) is 0 Å². The van der Waals surface area contributed by atoms with E-state index in [-0.39, 0.29) is 10.5 Å². The van der Waals surface area contributed by atoms with Crippen molar-refractivity contribution in [3.63, 3.8) is 0 Å². The second-order valence-corrected chi connectivity index (χ2v) is 8.34. The van der Waals surface area contributed by atoms with Crippen molar-refractivity contribution in [2.45, 2.75) is 39.3 Å². The molecular formula is C14H26N2O3S. The first-order valence-electron chi connectivity index (χ1n) is 6.79. The van der Waals surface area contributed by atoms with Gasteiger partial charge in [-0.1, -0.05) is 27.7 Å². The Bertz CT molecular complexity index is 530. The Morgan fingerprint density at radius 1 is 1.30 bits per heavy atom. The van der Waals surface area contributed by atoms with E-state index in [9.17, 15) is 8.42 Å². The highest BCUT2D eigenvalue weighted by Gasteiger charge is 2.23. The summed E-state index contributed by atoms with van der Waals surface area (Å²) in [4.78, 5) is 0. The van der Waals surface area contributed by atoms with E-state index < -0.39 is 10.0 Å². The molecule has 1 aromatic heterocycles. The van der Waals surface area contributed by atoms with Crippen molar-refractivity contribution in [3.8, 4) is 0 Å². The van der Waals surface area contributed by atoms with Gasteiger partial charge in [0, 0.05) is 20.6 Å². The first kappa shape index (κ1) is 17.2. The van der Waals surface area contributed by atoms with Crippen LogP contribution in [0.15, 0.2) is 21.6 Å². The highest BCUT2D eigenvalue weighted by molar-refractivity contribution is 7.88. The fraction of sp³-hybridized carbons (Fsp3) is 0.714. The Hall–Kier alpha value is -0.850. The van der Waals surface area contributed by atoms with E-state index in [0.717, 1.165) is 10.8 Å². The van der Waals surface area contributed by atoms with Crippen LogP contribution in [0.5, 0.6) is 0 Å². The molecule has 0 saturated heterocycles. The third-order valence-corrected chi connectivity index (χ3v) is 5.50. The number of nitrogens with zero attached hydrogens (tertiary/aromatic N) is 1. The second kappa shape index (κ2) is 6.28. The zero-order chi connectivity index (χ0) is 15.6. The molecule has 0 aliphatic rings. The zero-order valence-corrected chi connectivity index (χ0v) is 14.0. The first-order valence-corrected chi connectivity index (χ1v) is 8.23. The summed E-state index contributed by atoms with van der Waals surface area (Å²) < 4.78 is 30.3. The van der Waals surface area contributed by atoms with Gasteiger partial charge in [-0.3, -0.25) is 0 Å². The first-order chi connectivity index (χ1) is 9.07. The van der Waals surface area contributed by atoms with E-state index >= 15 is 0 Å². The van der Waals surface area contributed by atoms with Crippen LogP contribution in [-0.4, -0.2) is 33.4 Å². The summed E-state index contributed by atoms with van der Waals surface area (Å²) in [5.74, 6) is 1.20. The summed E-state index contributed by atoms with van der Waals surface area (Å²) in [6, 6.07) is 3.20. The zero-order valence-electron chi connectivity index (χ0n) is 13.2. The van der Waals surface area contributed by atoms with Crippen molar-refractivity contribution in [2.24, 2.45) is 11.3 Å². The van der Waals surface area contributed by atoms with Crippen LogP contribution in [0.1, 0.15) is 33.5 Å².